The Hall–Kier alpha value is -2.90. The van der Waals surface area contributed by atoms with Gasteiger partial charge in [0, 0.05) is 30.0 Å². The van der Waals surface area contributed by atoms with Gasteiger partial charge in [0.2, 0.25) is 5.91 Å². The van der Waals surface area contributed by atoms with E-state index in [-0.39, 0.29) is 23.7 Å². The Kier molecular flexibility index (Phi) is 4.92. The number of nitrogens with zero attached hydrogens (tertiary/aromatic N) is 3. The first-order chi connectivity index (χ1) is 12.3. The van der Waals surface area contributed by atoms with Gasteiger partial charge in [-0.3, -0.25) is 9.59 Å². The molecule has 0 bridgehead atoms. The molecule has 2 aromatic heterocycles. The Balaban J connectivity index is 1.54. The molecule has 8 nitrogen and oxygen atoms in total. The van der Waals surface area contributed by atoms with E-state index >= 15 is 0 Å². The van der Waals surface area contributed by atoms with Crippen molar-refractivity contribution < 1.29 is 9.90 Å². The molecule has 138 valence electrons. The third-order valence-electron chi connectivity index (χ3n) is 4.62. The Morgan fingerprint density at radius 2 is 2.04 bits per heavy atom. The number of amides is 1. The number of pyridine rings is 1. The van der Waals surface area contributed by atoms with Crippen molar-refractivity contribution in [3.63, 3.8) is 0 Å². The zero-order chi connectivity index (χ0) is 18.8. The minimum Gasteiger partial charge on any atom is -0.508 e. The fourth-order valence-corrected chi connectivity index (χ4v) is 3.23. The number of rotatable bonds is 5. The van der Waals surface area contributed by atoms with Crippen molar-refractivity contribution in [3.8, 4) is 5.75 Å². The van der Waals surface area contributed by atoms with Crippen LogP contribution >= 0.6 is 0 Å². The smallest absolute Gasteiger partial charge is 0.255 e. The summed E-state index contributed by atoms with van der Waals surface area (Å²) in [5.41, 5.74) is 0.155. The summed E-state index contributed by atoms with van der Waals surface area (Å²) >= 11 is 0. The van der Waals surface area contributed by atoms with Crippen LogP contribution in [-0.4, -0.2) is 37.6 Å². The maximum absolute atomic E-state index is 12.5. The molecule has 3 N–H and O–H groups in total. The fraction of sp³-hybridized carbons (Fsp3) is 0.444. The maximum atomic E-state index is 12.5. The first-order valence-corrected chi connectivity index (χ1v) is 8.62. The molecule has 0 aliphatic heterocycles. The van der Waals surface area contributed by atoms with E-state index < -0.39 is 11.6 Å². The summed E-state index contributed by atoms with van der Waals surface area (Å²) in [6, 6.07) is 4.09. The van der Waals surface area contributed by atoms with Crippen molar-refractivity contribution in [2.45, 2.75) is 51.7 Å². The van der Waals surface area contributed by atoms with E-state index in [2.05, 4.69) is 20.6 Å². The van der Waals surface area contributed by atoms with Crippen molar-refractivity contribution in [2.75, 3.05) is 5.32 Å². The maximum Gasteiger partial charge on any atom is 0.255 e. The van der Waals surface area contributed by atoms with Gasteiger partial charge in [0.25, 0.3) is 5.56 Å². The van der Waals surface area contributed by atoms with Gasteiger partial charge in [-0.1, -0.05) is 0 Å². The molecular formula is C18H23N5O3. The van der Waals surface area contributed by atoms with Crippen molar-refractivity contribution >= 4 is 11.7 Å². The number of aromatic hydroxyl groups is 1. The van der Waals surface area contributed by atoms with Gasteiger partial charge in [-0.2, -0.15) is 0 Å². The normalized spacial score (nSPS) is 20.1. The van der Waals surface area contributed by atoms with E-state index in [0.717, 1.165) is 24.7 Å². The highest BCUT2D eigenvalue weighted by molar-refractivity contribution is 5.80. The summed E-state index contributed by atoms with van der Waals surface area (Å²) in [5, 5.41) is 15.8. The van der Waals surface area contributed by atoms with Crippen molar-refractivity contribution in [1.29, 1.82) is 0 Å². The number of nitrogens with one attached hydrogen (secondary N) is 2. The second-order valence-corrected chi connectivity index (χ2v) is 6.75. The monoisotopic (exact) mass is 357 g/mol. The first-order valence-electron chi connectivity index (χ1n) is 8.62. The Labute approximate surface area is 151 Å². The summed E-state index contributed by atoms with van der Waals surface area (Å²) in [7, 11) is 0. The number of aryl methyl sites for hydroxylation is 2. The number of hydrogen-bond acceptors (Lipinski definition) is 6. The molecule has 1 fully saturated rings. The van der Waals surface area contributed by atoms with Crippen LogP contribution in [0.4, 0.5) is 5.82 Å². The van der Waals surface area contributed by atoms with Gasteiger partial charge in [-0.05, 0) is 45.7 Å². The van der Waals surface area contributed by atoms with Crippen LogP contribution in [0.15, 0.2) is 29.2 Å². The zero-order valence-electron chi connectivity index (χ0n) is 15.1. The van der Waals surface area contributed by atoms with Crippen LogP contribution in [0.5, 0.6) is 5.75 Å². The van der Waals surface area contributed by atoms with Gasteiger partial charge < -0.3 is 20.3 Å². The van der Waals surface area contributed by atoms with E-state index in [9.17, 15) is 14.7 Å². The molecule has 0 aromatic carbocycles. The molecule has 8 heteroatoms. The lowest BCUT2D eigenvalue weighted by Gasteiger charge is -2.37. The van der Waals surface area contributed by atoms with Gasteiger partial charge in [0.15, 0.2) is 0 Å². The van der Waals surface area contributed by atoms with E-state index in [4.69, 9.17) is 0 Å². The van der Waals surface area contributed by atoms with Crippen molar-refractivity contribution in [3.05, 3.63) is 46.3 Å². The van der Waals surface area contributed by atoms with Crippen molar-refractivity contribution in [2.24, 2.45) is 0 Å². The molecule has 2 aromatic rings. The van der Waals surface area contributed by atoms with Crippen LogP contribution in [0.2, 0.25) is 0 Å². The Morgan fingerprint density at radius 1 is 1.31 bits per heavy atom. The second-order valence-electron chi connectivity index (χ2n) is 6.75. The molecular weight excluding hydrogens is 334 g/mol. The fourth-order valence-electron chi connectivity index (χ4n) is 3.23. The lowest BCUT2D eigenvalue weighted by atomic mass is 9.86. The largest absolute Gasteiger partial charge is 0.508 e. The van der Waals surface area contributed by atoms with Crippen LogP contribution in [0.25, 0.3) is 0 Å². The quantitative estimate of drug-likeness (QED) is 0.744. The van der Waals surface area contributed by atoms with Crippen LogP contribution < -0.4 is 16.2 Å². The summed E-state index contributed by atoms with van der Waals surface area (Å²) in [4.78, 5) is 32.9. The molecule has 0 spiro atoms. The predicted octanol–water partition coefficient (Wildman–Crippen LogP) is 1.28. The average Bonchev–Trinajstić information content (AvgIpc) is 2.51. The highest BCUT2D eigenvalue weighted by Gasteiger charge is 2.32. The van der Waals surface area contributed by atoms with E-state index in [1.807, 2.05) is 13.0 Å². The topological polar surface area (TPSA) is 109 Å². The molecule has 2 heterocycles. The third kappa shape index (κ3) is 3.84. The molecule has 0 saturated heterocycles. The summed E-state index contributed by atoms with van der Waals surface area (Å²) in [6.07, 6.45) is 3.30. The number of carbonyl (C=O) groups is 1. The highest BCUT2D eigenvalue weighted by Crippen LogP contribution is 2.24. The lowest BCUT2D eigenvalue weighted by molar-refractivity contribution is -0.125. The van der Waals surface area contributed by atoms with Crippen molar-refractivity contribution in [1.82, 2.24) is 19.9 Å². The Bertz CT molecular complexity index is 873. The third-order valence-corrected chi connectivity index (χ3v) is 4.62. The van der Waals surface area contributed by atoms with Gasteiger partial charge in [-0.15, -0.1) is 0 Å². The minimum atomic E-state index is -0.639. The van der Waals surface area contributed by atoms with E-state index in [1.54, 1.807) is 20.0 Å². The second kappa shape index (κ2) is 7.15. The molecule has 1 unspecified atom stereocenters. The molecule has 1 aliphatic rings. The SMILES string of the molecule is Cc1nccc(NC2CC(NC(=O)C(C)n3c(C)cc(O)cc3=O)C2)n1. The standard InChI is InChI=1S/C18H23N5O3/c1-10-6-15(24)9-17(25)23(10)11(2)18(26)22-14-7-13(8-14)21-16-4-5-19-12(3)20-16/h4-6,9,11,13-14,24H,7-8H2,1-3H3,(H,22,26)(H,19,20,21). The summed E-state index contributed by atoms with van der Waals surface area (Å²) < 4.78 is 1.38. The first kappa shape index (κ1) is 17.9. The van der Waals surface area contributed by atoms with Gasteiger partial charge >= 0.3 is 0 Å². The molecule has 1 atom stereocenters. The number of anilines is 1. The van der Waals surface area contributed by atoms with Crippen LogP contribution in [0.1, 0.15) is 37.3 Å². The molecule has 1 saturated carbocycles. The predicted molar refractivity (Wildman–Crippen MR) is 97.2 cm³/mol. The Morgan fingerprint density at radius 3 is 2.69 bits per heavy atom. The van der Waals surface area contributed by atoms with Gasteiger partial charge in [0.05, 0.1) is 0 Å². The highest BCUT2D eigenvalue weighted by atomic mass is 16.3. The molecule has 26 heavy (non-hydrogen) atoms. The zero-order valence-corrected chi connectivity index (χ0v) is 15.1. The molecule has 1 amide bonds. The molecule has 1 aliphatic carbocycles. The van der Waals surface area contributed by atoms with Gasteiger partial charge in [-0.25, -0.2) is 9.97 Å². The summed E-state index contributed by atoms with van der Waals surface area (Å²) in [5.74, 6) is 1.20. The molecule has 0 radical (unpaired) electrons. The lowest BCUT2D eigenvalue weighted by Crippen LogP contribution is -2.51. The minimum absolute atomic E-state index is 0.0681. The van der Waals surface area contributed by atoms with Crippen LogP contribution in [-0.2, 0) is 4.79 Å². The van der Waals surface area contributed by atoms with Crippen LogP contribution in [0, 0.1) is 13.8 Å². The number of aromatic nitrogens is 3. The molecule has 3 rings (SSSR count). The summed E-state index contributed by atoms with van der Waals surface area (Å²) in [6.45, 7) is 5.21. The van der Waals surface area contributed by atoms with Crippen LogP contribution in [0.3, 0.4) is 0 Å². The van der Waals surface area contributed by atoms with E-state index in [1.165, 1.54) is 10.6 Å². The average molecular weight is 357 g/mol. The van der Waals surface area contributed by atoms with Gasteiger partial charge in [0.1, 0.15) is 23.4 Å². The number of hydrogen-bond donors (Lipinski definition) is 3. The number of carbonyl (C=O) groups excluding carboxylic acids is 1. The van der Waals surface area contributed by atoms with E-state index in [0.29, 0.717) is 11.5 Å².